The van der Waals surface area contributed by atoms with Crippen LogP contribution in [0.15, 0.2) is 18.2 Å². The van der Waals surface area contributed by atoms with Crippen molar-refractivity contribution >= 4 is 23.6 Å². The number of nitrogens with zero attached hydrogens (tertiary/aromatic N) is 1. The van der Waals surface area contributed by atoms with E-state index < -0.39 is 23.4 Å². The molecule has 5 nitrogen and oxygen atoms in total. The smallest absolute Gasteiger partial charge is 0.432 e. The molecule has 0 saturated carbocycles. The fraction of sp³-hybridized carbons (Fsp3) is 0.333. The van der Waals surface area contributed by atoms with E-state index in [2.05, 4.69) is 0 Å². The Morgan fingerprint density at radius 2 is 1.95 bits per heavy atom. The van der Waals surface area contributed by atoms with Crippen molar-refractivity contribution in [2.45, 2.75) is 26.4 Å². The highest BCUT2D eigenvalue weighted by molar-refractivity contribution is 6.31. The molecule has 0 saturated heterocycles. The summed E-state index contributed by atoms with van der Waals surface area (Å²) in [6.07, 6.45) is -1.00. The number of hydrazine groups is 1. The highest BCUT2D eigenvalue weighted by Crippen LogP contribution is 2.17. The largest absolute Gasteiger partial charge is 0.442 e. The van der Waals surface area contributed by atoms with Gasteiger partial charge in [-0.2, -0.15) is 5.01 Å². The van der Waals surface area contributed by atoms with Gasteiger partial charge in [-0.15, -0.1) is 0 Å². The molecule has 19 heavy (non-hydrogen) atoms. The highest BCUT2D eigenvalue weighted by atomic mass is 35.5. The van der Waals surface area contributed by atoms with Gasteiger partial charge in [0.25, 0.3) is 5.91 Å². The van der Waals surface area contributed by atoms with Gasteiger partial charge in [-0.05, 0) is 39.0 Å². The van der Waals surface area contributed by atoms with Crippen molar-refractivity contribution in [2.75, 3.05) is 0 Å². The summed E-state index contributed by atoms with van der Waals surface area (Å²) in [7, 11) is 0. The van der Waals surface area contributed by atoms with E-state index in [4.69, 9.17) is 22.2 Å². The van der Waals surface area contributed by atoms with E-state index in [9.17, 15) is 14.0 Å². The van der Waals surface area contributed by atoms with Gasteiger partial charge in [0.05, 0.1) is 5.02 Å². The zero-order chi connectivity index (χ0) is 14.8. The molecule has 1 aromatic carbocycles. The lowest BCUT2D eigenvalue weighted by Gasteiger charge is -2.23. The van der Waals surface area contributed by atoms with Crippen LogP contribution in [0, 0.1) is 5.82 Å². The number of hydrogen-bond acceptors (Lipinski definition) is 4. The molecule has 0 atom stereocenters. The number of amides is 2. The van der Waals surface area contributed by atoms with Crippen molar-refractivity contribution < 1.29 is 18.7 Å². The maximum absolute atomic E-state index is 13.0. The maximum Gasteiger partial charge on any atom is 0.432 e. The number of carbonyl (C=O) groups is 2. The quantitative estimate of drug-likeness (QED) is 0.490. The van der Waals surface area contributed by atoms with Crippen molar-refractivity contribution in [2.24, 2.45) is 5.84 Å². The fourth-order valence-electron chi connectivity index (χ4n) is 1.16. The Balaban J connectivity index is 2.87. The second-order valence-electron chi connectivity index (χ2n) is 4.78. The van der Waals surface area contributed by atoms with Crippen LogP contribution in [0.3, 0.4) is 0 Å². The van der Waals surface area contributed by atoms with Crippen LogP contribution in [0.5, 0.6) is 0 Å². The van der Waals surface area contributed by atoms with Gasteiger partial charge < -0.3 is 4.74 Å². The van der Waals surface area contributed by atoms with Gasteiger partial charge in [0.1, 0.15) is 11.4 Å². The lowest BCUT2D eigenvalue weighted by molar-refractivity contribution is 0.0239. The van der Waals surface area contributed by atoms with Crippen LogP contribution in [-0.4, -0.2) is 22.6 Å². The summed E-state index contributed by atoms with van der Waals surface area (Å²) >= 11 is 5.55. The predicted octanol–water partition coefficient (Wildman–Crippen LogP) is 2.73. The molecule has 0 bridgehead atoms. The summed E-state index contributed by atoms with van der Waals surface area (Å²) in [6, 6.07) is 3.27. The van der Waals surface area contributed by atoms with Gasteiger partial charge in [0.2, 0.25) is 0 Å². The Morgan fingerprint density at radius 3 is 2.42 bits per heavy atom. The Morgan fingerprint density at radius 1 is 1.37 bits per heavy atom. The highest BCUT2D eigenvalue weighted by Gasteiger charge is 2.25. The van der Waals surface area contributed by atoms with Gasteiger partial charge in [-0.25, -0.2) is 15.0 Å². The molecule has 0 aliphatic carbocycles. The lowest BCUT2D eigenvalue weighted by atomic mass is 10.2. The molecular formula is C12H14ClFN2O3. The van der Waals surface area contributed by atoms with Gasteiger partial charge in [-0.1, -0.05) is 11.6 Å². The topological polar surface area (TPSA) is 72.6 Å². The molecule has 0 heterocycles. The molecule has 0 radical (unpaired) electrons. The van der Waals surface area contributed by atoms with E-state index in [0.29, 0.717) is 5.01 Å². The Hall–Kier alpha value is -1.66. The van der Waals surface area contributed by atoms with Crippen LogP contribution in [-0.2, 0) is 4.74 Å². The molecule has 1 aromatic rings. The summed E-state index contributed by atoms with van der Waals surface area (Å²) < 4.78 is 17.9. The minimum absolute atomic E-state index is 0.0141. The van der Waals surface area contributed by atoms with Crippen LogP contribution in [0.25, 0.3) is 0 Å². The first-order chi connectivity index (χ1) is 8.61. The van der Waals surface area contributed by atoms with Crippen LogP contribution in [0.2, 0.25) is 5.02 Å². The zero-order valence-corrected chi connectivity index (χ0v) is 11.5. The number of rotatable bonds is 1. The molecule has 0 aliphatic heterocycles. The number of halogens is 2. The average molecular weight is 289 g/mol. The Labute approximate surface area is 115 Å². The van der Waals surface area contributed by atoms with Gasteiger partial charge in [0.15, 0.2) is 0 Å². The first-order valence-electron chi connectivity index (χ1n) is 5.39. The average Bonchev–Trinajstić information content (AvgIpc) is 2.28. The van der Waals surface area contributed by atoms with Crippen LogP contribution in [0.4, 0.5) is 9.18 Å². The number of imide groups is 1. The first-order valence-corrected chi connectivity index (χ1v) is 5.77. The van der Waals surface area contributed by atoms with E-state index in [0.717, 1.165) is 12.1 Å². The van der Waals surface area contributed by atoms with Crippen molar-refractivity contribution in [1.82, 2.24) is 5.01 Å². The Kier molecular flexibility index (Phi) is 4.49. The van der Waals surface area contributed by atoms with E-state index in [-0.39, 0.29) is 10.6 Å². The molecule has 7 heteroatoms. The monoisotopic (exact) mass is 288 g/mol. The lowest BCUT2D eigenvalue weighted by Crippen LogP contribution is -2.45. The first kappa shape index (κ1) is 15.4. The van der Waals surface area contributed by atoms with E-state index >= 15 is 0 Å². The molecule has 1 rings (SSSR count). The van der Waals surface area contributed by atoms with Crippen LogP contribution >= 0.6 is 11.6 Å². The third-order valence-corrected chi connectivity index (χ3v) is 2.27. The summed E-state index contributed by atoms with van der Waals surface area (Å²) in [5.41, 5.74) is -0.796. The molecule has 0 aromatic heterocycles. The fourth-order valence-corrected chi connectivity index (χ4v) is 1.34. The maximum atomic E-state index is 13.0. The molecule has 0 aliphatic rings. The van der Waals surface area contributed by atoms with Crippen LogP contribution < -0.4 is 5.84 Å². The third-order valence-electron chi connectivity index (χ3n) is 1.98. The SMILES string of the molecule is CC(C)(C)OC(=O)N(N)C(=O)c1ccc(F)c(Cl)c1. The number of benzene rings is 1. The normalized spacial score (nSPS) is 11.1. The number of carbonyl (C=O) groups excluding carboxylic acids is 2. The number of nitrogens with two attached hydrogens (primary N) is 1. The van der Waals surface area contributed by atoms with Gasteiger partial charge in [-0.3, -0.25) is 4.79 Å². The minimum atomic E-state index is -1.00. The van der Waals surface area contributed by atoms with Crippen molar-refractivity contribution in [3.8, 4) is 0 Å². The summed E-state index contributed by atoms with van der Waals surface area (Å²) in [4.78, 5) is 23.4. The van der Waals surface area contributed by atoms with Crippen molar-refractivity contribution in [1.29, 1.82) is 0 Å². The van der Waals surface area contributed by atoms with Gasteiger partial charge >= 0.3 is 6.09 Å². The zero-order valence-electron chi connectivity index (χ0n) is 10.7. The molecular weight excluding hydrogens is 275 g/mol. The molecule has 2 amide bonds. The predicted molar refractivity (Wildman–Crippen MR) is 68.0 cm³/mol. The summed E-state index contributed by atoms with van der Waals surface area (Å²) in [5, 5.41) is 0.0814. The van der Waals surface area contributed by atoms with Crippen molar-refractivity contribution in [3.63, 3.8) is 0 Å². The van der Waals surface area contributed by atoms with E-state index in [1.54, 1.807) is 20.8 Å². The summed E-state index contributed by atoms with van der Waals surface area (Å²) in [5.74, 6) is 3.86. The molecule has 104 valence electrons. The number of hydrogen-bond donors (Lipinski definition) is 1. The van der Waals surface area contributed by atoms with E-state index in [1.807, 2.05) is 0 Å². The standard InChI is InChI=1S/C12H14ClFN2O3/c1-12(2,3)19-11(18)16(15)10(17)7-4-5-9(14)8(13)6-7/h4-6H,15H2,1-3H3. The van der Waals surface area contributed by atoms with Crippen LogP contribution in [0.1, 0.15) is 31.1 Å². The molecule has 0 spiro atoms. The second-order valence-corrected chi connectivity index (χ2v) is 5.19. The summed E-state index contributed by atoms with van der Waals surface area (Å²) in [6.45, 7) is 4.91. The third kappa shape index (κ3) is 4.18. The molecule has 0 unspecified atom stereocenters. The Bertz CT molecular complexity index is 514. The van der Waals surface area contributed by atoms with E-state index in [1.165, 1.54) is 6.07 Å². The molecule has 0 fully saturated rings. The molecule has 2 N–H and O–H groups in total. The number of ether oxygens (including phenoxy) is 1. The second kappa shape index (κ2) is 5.54. The van der Waals surface area contributed by atoms with Crippen molar-refractivity contribution in [3.05, 3.63) is 34.6 Å². The minimum Gasteiger partial charge on any atom is -0.442 e. The van der Waals surface area contributed by atoms with Gasteiger partial charge in [0, 0.05) is 5.56 Å².